The zero-order chi connectivity index (χ0) is 14.8. The number of sulfone groups is 1. The van der Waals surface area contributed by atoms with Gasteiger partial charge in [-0.15, -0.1) is 0 Å². The normalized spacial score (nSPS) is 20.6. The maximum absolute atomic E-state index is 11.9. The van der Waals surface area contributed by atoms with Crippen LogP contribution in [0.1, 0.15) is 16.8 Å². The summed E-state index contributed by atoms with van der Waals surface area (Å²) < 4.78 is 27.6. The summed E-state index contributed by atoms with van der Waals surface area (Å²) in [4.78, 5) is 11.9. The van der Waals surface area contributed by atoms with E-state index >= 15 is 0 Å². The number of ether oxygens (including phenoxy) is 1. The van der Waals surface area contributed by atoms with Gasteiger partial charge < -0.3 is 15.2 Å². The minimum atomic E-state index is -2.94. The summed E-state index contributed by atoms with van der Waals surface area (Å²) in [6, 6.07) is 4.40. The topological polar surface area (TPSA) is 92.7 Å². The minimum absolute atomic E-state index is 0.0515. The second-order valence-corrected chi connectivity index (χ2v) is 7.09. The fraction of sp³-hybridized carbons (Fsp3) is 0.462. The van der Waals surface area contributed by atoms with E-state index in [0.717, 1.165) is 0 Å². The molecule has 110 valence electrons. The Bertz CT molecular complexity index is 611. The lowest BCUT2D eigenvalue weighted by Gasteiger charge is -2.11. The van der Waals surface area contributed by atoms with Crippen LogP contribution in [0.3, 0.4) is 0 Å². The summed E-state index contributed by atoms with van der Waals surface area (Å²) in [5.74, 6) is 0.115. The molecule has 1 fully saturated rings. The van der Waals surface area contributed by atoms with Crippen molar-refractivity contribution in [3.8, 4) is 11.5 Å². The van der Waals surface area contributed by atoms with Crippen molar-refractivity contribution >= 4 is 15.7 Å². The van der Waals surface area contributed by atoms with Crippen LogP contribution < -0.4 is 10.1 Å². The monoisotopic (exact) mass is 299 g/mol. The number of hydrogen-bond acceptors (Lipinski definition) is 5. The van der Waals surface area contributed by atoms with Crippen molar-refractivity contribution in [2.24, 2.45) is 5.92 Å². The molecule has 0 aromatic heterocycles. The molecule has 0 aliphatic carbocycles. The summed E-state index contributed by atoms with van der Waals surface area (Å²) in [6.45, 7) is 0.295. The van der Waals surface area contributed by atoms with Crippen LogP contribution in [-0.2, 0) is 9.84 Å². The van der Waals surface area contributed by atoms with Gasteiger partial charge in [0.25, 0.3) is 5.91 Å². The largest absolute Gasteiger partial charge is 0.507 e. The van der Waals surface area contributed by atoms with E-state index in [1.165, 1.54) is 19.2 Å². The van der Waals surface area contributed by atoms with Crippen LogP contribution in [0.15, 0.2) is 18.2 Å². The molecular weight excluding hydrogens is 282 g/mol. The predicted octanol–water partition coefficient (Wildman–Crippen LogP) is 0.565. The average Bonchev–Trinajstić information content (AvgIpc) is 2.75. The van der Waals surface area contributed by atoms with Crippen LogP contribution in [-0.4, -0.2) is 44.6 Å². The molecule has 0 radical (unpaired) electrons. The molecule has 0 saturated carbocycles. The Morgan fingerprint density at radius 3 is 2.80 bits per heavy atom. The van der Waals surface area contributed by atoms with Crippen LogP contribution in [0.5, 0.6) is 11.5 Å². The molecule has 1 atom stereocenters. The van der Waals surface area contributed by atoms with E-state index in [1.807, 2.05) is 0 Å². The highest BCUT2D eigenvalue weighted by Crippen LogP contribution is 2.23. The van der Waals surface area contributed by atoms with Crippen molar-refractivity contribution in [1.29, 1.82) is 0 Å². The summed E-state index contributed by atoms with van der Waals surface area (Å²) in [5.41, 5.74) is 0.145. The van der Waals surface area contributed by atoms with Crippen LogP contribution in [0.2, 0.25) is 0 Å². The average molecular weight is 299 g/mol. The van der Waals surface area contributed by atoms with Gasteiger partial charge in [-0.3, -0.25) is 4.79 Å². The van der Waals surface area contributed by atoms with Crippen molar-refractivity contribution < 1.29 is 23.1 Å². The number of amides is 1. The lowest BCUT2D eigenvalue weighted by Crippen LogP contribution is -2.29. The van der Waals surface area contributed by atoms with Gasteiger partial charge in [0.15, 0.2) is 9.84 Å². The maximum atomic E-state index is 11.9. The van der Waals surface area contributed by atoms with Crippen molar-refractivity contribution in [1.82, 2.24) is 5.32 Å². The molecule has 7 heteroatoms. The van der Waals surface area contributed by atoms with Crippen LogP contribution in [0.25, 0.3) is 0 Å². The Balaban J connectivity index is 1.95. The number of nitrogens with one attached hydrogen (secondary N) is 1. The van der Waals surface area contributed by atoms with Crippen molar-refractivity contribution in [2.45, 2.75) is 6.42 Å². The lowest BCUT2D eigenvalue weighted by atomic mass is 10.1. The van der Waals surface area contributed by atoms with E-state index < -0.39 is 15.7 Å². The molecule has 1 aliphatic rings. The molecule has 1 aliphatic heterocycles. The fourth-order valence-electron chi connectivity index (χ4n) is 2.20. The summed E-state index contributed by atoms with van der Waals surface area (Å²) in [6.07, 6.45) is 0.567. The van der Waals surface area contributed by atoms with E-state index in [2.05, 4.69) is 5.32 Å². The number of phenols is 1. The second-order valence-electron chi connectivity index (χ2n) is 4.86. The molecule has 0 bridgehead atoms. The zero-order valence-electron chi connectivity index (χ0n) is 11.1. The molecule has 1 saturated heterocycles. The van der Waals surface area contributed by atoms with Gasteiger partial charge in [0.2, 0.25) is 0 Å². The van der Waals surface area contributed by atoms with Crippen LogP contribution in [0.4, 0.5) is 0 Å². The number of carbonyl (C=O) groups excluding carboxylic acids is 1. The van der Waals surface area contributed by atoms with Crippen molar-refractivity contribution in [3.05, 3.63) is 23.8 Å². The first-order valence-electron chi connectivity index (χ1n) is 6.27. The third-order valence-electron chi connectivity index (χ3n) is 3.33. The fourth-order valence-corrected chi connectivity index (χ4v) is 4.06. The Morgan fingerprint density at radius 1 is 1.50 bits per heavy atom. The molecule has 1 heterocycles. The van der Waals surface area contributed by atoms with E-state index in [-0.39, 0.29) is 28.7 Å². The molecule has 6 nitrogen and oxygen atoms in total. The van der Waals surface area contributed by atoms with E-state index in [0.29, 0.717) is 18.7 Å². The number of aromatic hydroxyl groups is 1. The smallest absolute Gasteiger partial charge is 0.255 e. The standard InChI is InChI=1S/C13H17NO5S/c1-19-10-2-3-11(12(15)6-10)13(16)14-7-9-4-5-20(17,18)8-9/h2-3,6,9,15H,4-5,7-8H2,1H3,(H,14,16). The first kappa shape index (κ1) is 14.6. The van der Waals surface area contributed by atoms with Crippen molar-refractivity contribution in [2.75, 3.05) is 25.2 Å². The van der Waals surface area contributed by atoms with Gasteiger partial charge in [-0.25, -0.2) is 8.42 Å². The minimum Gasteiger partial charge on any atom is -0.507 e. The van der Waals surface area contributed by atoms with Crippen LogP contribution in [0, 0.1) is 5.92 Å². The quantitative estimate of drug-likeness (QED) is 0.847. The second kappa shape index (κ2) is 5.70. The molecule has 0 spiro atoms. The molecule has 20 heavy (non-hydrogen) atoms. The van der Waals surface area contributed by atoms with Gasteiger partial charge in [-0.1, -0.05) is 0 Å². The SMILES string of the molecule is COc1ccc(C(=O)NCC2CCS(=O)(=O)C2)c(O)c1. The Labute approximate surface area is 117 Å². The van der Waals surface area contributed by atoms with Gasteiger partial charge >= 0.3 is 0 Å². The summed E-state index contributed by atoms with van der Waals surface area (Å²) >= 11 is 0. The van der Waals surface area contributed by atoms with Gasteiger partial charge in [-0.2, -0.15) is 0 Å². The number of hydrogen-bond donors (Lipinski definition) is 2. The third-order valence-corrected chi connectivity index (χ3v) is 5.16. The van der Waals surface area contributed by atoms with E-state index in [4.69, 9.17) is 4.74 Å². The van der Waals surface area contributed by atoms with Gasteiger partial charge in [0.05, 0.1) is 24.2 Å². The van der Waals surface area contributed by atoms with Gasteiger partial charge in [0.1, 0.15) is 11.5 Å². The number of rotatable bonds is 4. The molecular formula is C13H17NO5S. The van der Waals surface area contributed by atoms with E-state index in [9.17, 15) is 18.3 Å². The highest BCUT2D eigenvalue weighted by atomic mass is 32.2. The van der Waals surface area contributed by atoms with Crippen LogP contribution >= 0.6 is 0 Å². The first-order chi connectivity index (χ1) is 9.41. The zero-order valence-corrected chi connectivity index (χ0v) is 11.9. The highest BCUT2D eigenvalue weighted by Gasteiger charge is 2.28. The number of phenolic OH excluding ortho intramolecular Hbond substituents is 1. The molecule has 1 aromatic rings. The molecule has 2 rings (SSSR count). The third kappa shape index (κ3) is 3.41. The summed E-state index contributed by atoms with van der Waals surface area (Å²) in [5, 5.41) is 12.4. The Hall–Kier alpha value is -1.76. The number of methoxy groups -OCH3 is 1. The lowest BCUT2D eigenvalue weighted by molar-refractivity contribution is 0.0945. The molecule has 1 aromatic carbocycles. The van der Waals surface area contributed by atoms with Gasteiger partial charge in [-0.05, 0) is 24.5 Å². The first-order valence-corrected chi connectivity index (χ1v) is 8.09. The van der Waals surface area contributed by atoms with Gasteiger partial charge in [0, 0.05) is 12.6 Å². The van der Waals surface area contributed by atoms with Crippen molar-refractivity contribution in [3.63, 3.8) is 0 Å². The Morgan fingerprint density at radius 2 is 2.25 bits per heavy atom. The predicted molar refractivity (Wildman–Crippen MR) is 73.8 cm³/mol. The van der Waals surface area contributed by atoms with E-state index in [1.54, 1.807) is 6.07 Å². The number of carbonyl (C=O) groups is 1. The molecule has 2 N–H and O–H groups in total. The highest BCUT2D eigenvalue weighted by molar-refractivity contribution is 7.91. The molecule has 1 amide bonds. The number of benzene rings is 1. The maximum Gasteiger partial charge on any atom is 0.255 e. The molecule has 1 unspecified atom stereocenters. The summed E-state index contributed by atoms with van der Waals surface area (Å²) in [7, 11) is -1.48. The Kier molecular flexibility index (Phi) is 4.17.